The van der Waals surface area contributed by atoms with Crippen molar-refractivity contribution in [3.05, 3.63) is 29.8 Å². The molecule has 1 aromatic rings. The maximum atomic E-state index is 12.7. The van der Waals surface area contributed by atoms with Gasteiger partial charge < -0.3 is 9.64 Å². The van der Waals surface area contributed by atoms with Crippen LogP contribution in [0.3, 0.4) is 0 Å². The van der Waals surface area contributed by atoms with E-state index >= 15 is 0 Å². The molecule has 0 aliphatic carbocycles. The van der Waals surface area contributed by atoms with Crippen LogP contribution in [0.1, 0.15) is 44.5 Å². The minimum Gasteiger partial charge on any atom is -0.484 e. The SMILES string of the molecule is CCC(=O)c1ccc(OCC(=O)N(CC(C)(C)C)CC(F)(F)F)cc1. The van der Waals surface area contributed by atoms with Crippen LogP contribution in [0.4, 0.5) is 13.2 Å². The second-order valence-electron chi connectivity index (χ2n) is 7.02. The van der Waals surface area contributed by atoms with Gasteiger partial charge in [0.2, 0.25) is 0 Å². The zero-order valence-corrected chi connectivity index (χ0v) is 14.9. The quantitative estimate of drug-likeness (QED) is 0.689. The summed E-state index contributed by atoms with van der Waals surface area (Å²) in [5.74, 6) is -0.436. The molecule has 1 aromatic carbocycles. The van der Waals surface area contributed by atoms with Crippen molar-refractivity contribution in [1.82, 2.24) is 4.90 Å². The summed E-state index contributed by atoms with van der Waals surface area (Å²) in [5, 5.41) is 0. The van der Waals surface area contributed by atoms with Gasteiger partial charge in [0.1, 0.15) is 12.3 Å². The lowest BCUT2D eigenvalue weighted by Gasteiger charge is -2.30. The number of alkyl halides is 3. The van der Waals surface area contributed by atoms with Crippen molar-refractivity contribution in [2.75, 3.05) is 19.7 Å². The van der Waals surface area contributed by atoms with Crippen LogP contribution >= 0.6 is 0 Å². The van der Waals surface area contributed by atoms with E-state index in [-0.39, 0.29) is 12.3 Å². The van der Waals surface area contributed by atoms with Gasteiger partial charge in [-0.1, -0.05) is 27.7 Å². The first-order valence-electron chi connectivity index (χ1n) is 8.02. The fourth-order valence-corrected chi connectivity index (χ4v) is 2.20. The Bertz CT molecular complexity index is 573. The highest BCUT2D eigenvalue weighted by Gasteiger charge is 2.34. The van der Waals surface area contributed by atoms with Gasteiger partial charge in [0, 0.05) is 18.5 Å². The van der Waals surface area contributed by atoms with Crippen molar-refractivity contribution in [1.29, 1.82) is 0 Å². The maximum Gasteiger partial charge on any atom is 0.406 e. The Labute approximate surface area is 146 Å². The predicted octanol–water partition coefficient (Wildman–Crippen LogP) is 4.10. The van der Waals surface area contributed by atoms with E-state index in [1.165, 1.54) is 12.1 Å². The zero-order valence-electron chi connectivity index (χ0n) is 14.9. The number of hydrogen-bond acceptors (Lipinski definition) is 3. The number of halogens is 3. The van der Waals surface area contributed by atoms with E-state index in [1.54, 1.807) is 39.8 Å². The average molecular weight is 359 g/mol. The van der Waals surface area contributed by atoms with Crippen LogP contribution in [0.5, 0.6) is 5.75 Å². The van der Waals surface area contributed by atoms with Gasteiger partial charge in [-0.25, -0.2) is 0 Å². The number of benzene rings is 1. The summed E-state index contributed by atoms with van der Waals surface area (Å²) in [6, 6.07) is 6.17. The fourth-order valence-electron chi connectivity index (χ4n) is 2.20. The number of nitrogens with zero attached hydrogens (tertiary/aromatic N) is 1. The first kappa shape index (κ1) is 21.0. The molecule has 0 bridgehead atoms. The third-order valence-corrected chi connectivity index (χ3v) is 3.25. The van der Waals surface area contributed by atoms with Crippen molar-refractivity contribution in [2.24, 2.45) is 5.41 Å². The Morgan fingerprint density at radius 3 is 2.04 bits per heavy atom. The number of carbonyl (C=O) groups is 2. The summed E-state index contributed by atoms with van der Waals surface area (Å²) in [7, 11) is 0. The lowest BCUT2D eigenvalue weighted by Crippen LogP contribution is -2.45. The smallest absolute Gasteiger partial charge is 0.406 e. The van der Waals surface area contributed by atoms with E-state index in [0.29, 0.717) is 17.7 Å². The normalized spacial score (nSPS) is 12.0. The molecular formula is C18H24F3NO3. The molecule has 1 amide bonds. The fraction of sp³-hybridized carbons (Fsp3) is 0.556. The lowest BCUT2D eigenvalue weighted by molar-refractivity contribution is -0.164. The van der Waals surface area contributed by atoms with Crippen LogP contribution in [-0.2, 0) is 4.79 Å². The number of amides is 1. The monoisotopic (exact) mass is 359 g/mol. The third kappa shape index (κ3) is 8.05. The van der Waals surface area contributed by atoms with Crippen LogP contribution < -0.4 is 4.74 Å². The van der Waals surface area contributed by atoms with E-state index in [4.69, 9.17) is 4.74 Å². The molecule has 0 atom stereocenters. The van der Waals surface area contributed by atoms with Crippen LogP contribution in [0, 0.1) is 5.41 Å². The summed E-state index contributed by atoms with van der Waals surface area (Å²) < 4.78 is 43.4. The molecule has 0 radical (unpaired) electrons. The molecule has 0 N–H and O–H groups in total. The number of ether oxygens (including phenoxy) is 1. The van der Waals surface area contributed by atoms with Crippen LogP contribution in [0.15, 0.2) is 24.3 Å². The van der Waals surface area contributed by atoms with Gasteiger partial charge in [0.15, 0.2) is 12.4 Å². The number of ketones is 1. The molecule has 0 spiro atoms. The molecule has 4 nitrogen and oxygen atoms in total. The standard InChI is InChI=1S/C18H24F3NO3/c1-5-15(23)13-6-8-14(9-7-13)25-10-16(24)22(11-17(2,3)4)12-18(19,20)21/h6-9H,5,10-12H2,1-4H3. The molecular weight excluding hydrogens is 335 g/mol. The Balaban J connectivity index is 2.71. The molecule has 0 heterocycles. The second kappa shape index (κ2) is 8.36. The molecule has 0 aliphatic heterocycles. The maximum absolute atomic E-state index is 12.7. The second-order valence-corrected chi connectivity index (χ2v) is 7.02. The predicted molar refractivity (Wildman–Crippen MR) is 88.6 cm³/mol. The summed E-state index contributed by atoms with van der Waals surface area (Å²) in [5.41, 5.74) is 0.0518. The molecule has 0 saturated carbocycles. The minimum absolute atomic E-state index is 0.0239. The Morgan fingerprint density at radius 2 is 1.60 bits per heavy atom. The Kier molecular flexibility index (Phi) is 7.02. The van der Waals surface area contributed by atoms with Gasteiger partial charge in [-0.15, -0.1) is 0 Å². The Hall–Kier alpha value is -2.05. The van der Waals surface area contributed by atoms with Crippen molar-refractivity contribution in [3.8, 4) is 5.75 Å². The molecule has 0 fully saturated rings. The summed E-state index contributed by atoms with van der Waals surface area (Å²) in [6.45, 7) is 5.19. The number of rotatable bonds is 7. The van der Waals surface area contributed by atoms with Gasteiger partial charge in [-0.3, -0.25) is 9.59 Å². The zero-order chi connectivity index (χ0) is 19.3. The first-order chi connectivity index (χ1) is 11.4. The van der Waals surface area contributed by atoms with Crippen molar-refractivity contribution < 1.29 is 27.5 Å². The van der Waals surface area contributed by atoms with E-state index < -0.39 is 30.7 Å². The lowest BCUT2D eigenvalue weighted by atomic mass is 9.96. The molecule has 1 rings (SSSR count). The van der Waals surface area contributed by atoms with E-state index in [2.05, 4.69) is 0 Å². The highest BCUT2D eigenvalue weighted by atomic mass is 19.4. The largest absolute Gasteiger partial charge is 0.484 e. The minimum atomic E-state index is -4.47. The van der Waals surface area contributed by atoms with Gasteiger partial charge in [0.05, 0.1) is 0 Å². The van der Waals surface area contributed by atoms with Gasteiger partial charge in [-0.2, -0.15) is 13.2 Å². The highest BCUT2D eigenvalue weighted by molar-refractivity contribution is 5.95. The van der Waals surface area contributed by atoms with Crippen molar-refractivity contribution in [3.63, 3.8) is 0 Å². The molecule has 0 unspecified atom stereocenters. The average Bonchev–Trinajstić information content (AvgIpc) is 2.49. The summed E-state index contributed by atoms with van der Waals surface area (Å²) in [6.07, 6.45) is -4.10. The molecule has 0 saturated heterocycles. The molecule has 140 valence electrons. The third-order valence-electron chi connectivity index (χ3n) is 3.25. The van der Waals surface area contributed by atoms with Crippen LogP contribution in [0.25, 0.3) is 0 Å². The van der Waals surface area contributed by atoms with Gasteiger partial charge in [-0.05, 0) is 29.7 Å². The molecule has 7 heteroatoms. The topological polar surface area (TPSA) is 46.6 Å². The van der Waals surface area contributed by atoms with Crippen LogP contribution in [-0.4, -0.2) is 42.5 Å². The van der Waals surface area contributed by atoms with Crippen LogP contribution in [0.2, 0.25) is 0 Å². The number of hydrogen-bond donors (Lipinski definition) is 0. The molecule has 0 aromatic heterocycles. The summed E-state index contributed by atoms with van der Waals surface area (Å²) in [4.78, 5) is 24.4. The van der Waals surface area contributed by atoms with Gasteiger partial charge in [0.25, 0.3) is 5.91 Å². The summed E-state index contributed by atoms with van der Waals surface area (Å²) >= 11 is 0. The first-order valence-corrected chi connectivity index (χ1v) is 8.02. The number of Topliss-reactive ketones (excluding diaryl/α,β-unsaturated/α-hetero) is 1. The van der Waals surface area contributed by atoms with E-state index in [1.807, 2.05) is 0 Å². The van der Waals surface area contributed by atoms with Crippen molar-refractivity contribution >= 4 is 11.7 Å². The highest BCUT2D eigenvalue weighted by Crippen LogP contribution is 2.22. The number of carbonyl (C=O) groups excluding carboxylic acids is 2. The van der Waals surface area contributed by atoms with E-state index in [9.17, 15) is 22.8 Å². The van der Waals surface area contributed by atoms with Gasteiger partial charge >= 0.3 is 6.18 Å². The molecule has 0 aliphatic rings. The Morgan fingerprint density at radius 1 is 1.04 bits per heavy atom. The van der Waals surface area contributed by atoms with E-state index in [0.717, 1.165) is 4.90 Å². The molecule has 25 heavy (non-hydrogen) atoms. The van der Waals surface area contributed by atoms with Crippen molar-refractivity contribution in [2.45, 2.75) is 40.3 Å².